The minimum atomic E-state index is -3.77. The lowest BCUT2D eigenvalue weighted by Crippen LogP contribution is -2.50. The van der Waals surface area contributed by atoms with E-state index in [2.05, 4.69) is 4.74 Å². The fourth-order valence-corrected chi connectivity index (χ4v) is 6.41. The van der Waals surface area contributed by atoms with Crippen LogP contribution < -0.4 is 4.74 Å². The standard InChI is InChI=1S/C21H22N2O7S2/c1-13-19(16-11-15(28-2)4-5-17(16)30-13)20(24)22-6-8-23(9-7-22)32(26,27)18-10-14(12-31-18)21(25)29-3/h4-5,10-12H,6-9H2,1-3H3. The largest absolute Gasteiger partial charge is 0.497 e. The first-order chi connectivity index (χ1) is 15.3. The normalized spacial score (nSPS) is 15.2. The molecule has 0 spiro atoms. The number of ether oxygens (including phenoxy) is 2. The van der Waals surface area contributed by atoms with Crippen LogP contribution >= 0.6 is 11.3 Å². The molecule has 0 saturated carbocycles. The van der Waals surface area contributed by atoms with E-state index >= 15 is 0 Å². The van der Waals surface area contributed by atoms with Gasteiger partial charge < -0.3 is 18.8 Å². The number of esters is 1. The number of amides is 1. The van der Waals surface area contributed by atoms with Crippen LogP contribution in [0.15, 0.2) is 38.3 Å². The van der Waals surface area contributed by atoms with Gasteiger partial charge in [0.2, 0.25) is 0 Å². The minimum Gasteiger partial charge on any atom is -0.497 e. The summed E-state index contributed by atoms with van der Waals surface area (Å²) in [6.45, 7) is 2.51. The zero-order valence-electron chi connectivity index (χ0n) is 17.8. The van der Waals surface area contributed by atoms with Gasteiger partial charge in [-0.3, -0.25) is 4.79 Å². The molecular formula is C21H22N2O7S2. The lowest BCUT2D eigenvalue weighted by Gasteiger charge is -2.33. The zero-order chi connectivity index (χ0) is 23.0. The van der Waals surface area contributed by atoms with Crippen molar-refractivity contribution in [2.45, 2.75) is 11.1 Å². The van der Waals surface area contributed by atoms with E-state index in [1.165, 1.54) is 22.9 Å². The number of carbonyl (C=O) groups is 2. The fraction of sp³-hybridized carbons (Fsp3) is 0.333. The van der Waals surface area contributed by atoms with Gasteiger partial charge in [0.05, 0.1) is 25.3 Å². The van der Waals surface area contributed by atoms with Crippen LogP contribution in [0.25, 0.3) is 11.0 Å². The van der Waals surface area contributed by atoms with Crippen LogP contribution in [0.1, 0.15) is 26.5 Å². The molecule has 0 unspecified atom stereocenters. The van der Waals surface area contributed by atoms with Crippen LogP contribution in [0.2, 0.25) is 0 Å². The van der Waals surface area contributed by atoms with Gasteiger partial charge in [0.25, 0.3) is 15.9 Å². The van der Waals surface area contributed by atoms with E-state index in [1.807, 2.05) is 0 Å². The molecule has 0 bridgehead atoms. The summed E-state index contributed by atoms with van der Waals surface area (Å²) in [6.07, 6.45) is 0. The molecule has 0 atom stereocenters. The second-order valence-electron chi connectivity index (χ2n) is 7.24. The van der Waals surface area contributed by atoms with E-state index in [9.17, 15) is 18.0 Å². The van der Waals surface area contributed by atoms with Crippen molar-refractivity contribution < 1.29 is 31.9 Å². The number of aryl methyl sites for hydroxylation is 1. The third-order valence-electron chi connectivity index (χ3n) is 5.40. The van der Waals surface area contributed by atoms with Gasteiger partial charge in [-0.1, -0.05) is 0 Å². The van der Waals surface area contributed by atoms with Crippen molar-refractivity contribution in [2.75, 3.05) is 40.4 Å². The number of furan rings is 1. The van der Waals surface area contributed by atoms with Crippen LogP contribution in [-0.4, -0.2) is 69.9 Å². The smallest absolute Gasteiger partial charge is 0.338 e. The number of rotatable bonds is 5. The van der Waals surface area contributed by atoms with E-state index in [0.717, 1.165) is 11.3 Å². The molecule has 4 rings (SSSR count). The lowest BCUT2D eigenvalue weighted by molar-refractivity contribution is 0.0600. The number of methoxy groups -OCH3 is 2. The highest BCUT2D eigenvalue weighted by molar-refractivity contribution is 7.91. The van der Waals surface area contributed by atoms with Gasteiger partial charge in [0.1, 0.15) is 21.3 Å². The number of nitrogens with zero attached hydrogens (tertiary/aromatic N) is 2. The van der Waals surface area contributed by atoms with Crippen LogP contribution in [0.5, 0.6) is 5.75 Å². The third-order valence-corrected chi connectivity index (χ3v) is 8.72. The average molecular weight is 479 g/mol. The molecular weight excluding hydrogens is 456 g/mol. The lowest BCUT2D eigenvalue weighted by atomic mass is 10.1. The Balaban J connectivity index is 1.51. The van der Waals surface area contributed by atoms with Crippen molar-refractivity contribution >= 4 is 44.2 Å². The number of thiophene rings is 1. The predicted octanol–water partition coefficient (Wildman–Crippen LogP) is 2.74. The number of carbonyl (C=O) groups excluding carboxylic acids is 2. The first kappa shape index (κ1) is 22.3. The summed E-state index contributed by atoms with van der Waals surface area (Å²) in [5.74, 6) is 0.320. The Hall–Kier alpha value is -2.89. The molecule has 1 aromatic carbocycles. The monoisotopic (exact) mass is 478 g/mol. The minimum absolute atomic E-state index is 0.0708. The maximum absolute atomic E-state index is 13.2. The summed E-state index contributed by atoms with van der Waals surface area (Å²) in [4.78, 5) is 26.5. The second-order valence-corrected chi connectivity index (χ2v) is 10.3. The van der Waals surface area contributed by atoms with Gasteiger partial charge in [-0.15, -0.1) is 11.3 Å². The van der Waals surface area contributed by atoms with E-state index in [1.54, 1.807) is 37.1 Å². The highest BCUT2D eigenvalue weighted by atomic mass is 32.2. The summed E-state index contributed by atoms with van der Waals surface area (Å²) in [7, 11) is -0.973. The first-order valence-corrected chi connectivity index (χ1v) is 12.1. The van der Waals surface area contributed by atoms with Crippen LogP contribution in [-0.2, 0) is 14.8 Å². The molecule has 11 heteroatoms. The van der Waals surface area contributed by atoms with E-state index in [-0.39, 0.29) is 41.9 Å². The second kappa shape index (κ2) is 8.57. The molecule has 9 nitrogen and oxygen atoms in total. The molecule has 0 radical (unpaired) electrons. The van der Waals surface area contributed by atoms with Gasteiger partial charge >= 0.3 is 5.97 Å². The highest BCUT2D eigenvalue weighted by Crippen LogP contribution is 2.31. The summed E-state index contributed by atoms with van der Waals surface area (Å²) in [5, 5.41) is 2.12. The van der Waals surface area contributed by atoms with Crippen molar-refractivity contribution in [3.8, 4) is 5.75 Å². The number of sulfonamides is 1. The van der Waals surface area contributed by atoms with Crippen LogP contribution in [0.3, 0.4) is 0 Å². The highest BCUT2D eigenvalue weighted by Gasteiger charge is 2.33. The number of fused-ring (bicyclic) bond motifs is 1. The average Bonchev–Trinajstić information content (AvgIpc) is 3.42. The summed E-state index contributed by atoms with van der Waals surface area (Å²) in [5.41, 5.74) is 1.24. The molecule has 2 aromatic heterocycles. The quantitative estimate of drug-likeness (QED) is 0.519. The topological polar surface area (TPSA) is 106 Å². The molecule has 1 aliphatic heterocycles. The Kier molecular flexibility index (Phi) is 5.97. The molecule has 32 heavy (non-hydrogen) atoms. The van der Waals surface area contributed by atoms with Gasteiger partial charge in [-0.05, 0) is 31.2 Å². The SMILES string of the molecule is COC(=O)c1csc(S(=O)(=O)N2CCN(C(=O)c3c(C)oc4ccc(OC)cc34)CC2)c1. The molecule has 1 aliphatic rings. The van der Waals surface area contributed by atoms with Gasteiger partial charge in [-0.2, -0.15) is 4.31 Å². The zero-order valence-corrected chi connectivity index (χ0v) is 19.4. The van der Waals surface area contributed by atoms with Crippen LogP contribution in [0.4, 0.5) is 0 Å². The van der Waals surface area contributed by atoms with Crippen LogP contribution in [0, 0.1) is 6.92 Å². The van der Waals surface area contributed by atoms with E-state index < -0.39 is 16.0 Å². The molecule has 170 valence electrons. The predicted molar refractivity (Wildman–Crippen MR) is 118 cm³/mol. The van der Waals surface area contributed by atoms with Crippen molar-refractivity contribution in [1.82, 2.24) is 9.21 Å². The molecule has 1 amide bonds. The molecule has 3 heterocycles. The number of hydrogen-bond acceptors (Lipinski definition) is 8. The maximum Gasteiger partial charge on any atom is 0.338 e. The number of piperazine rings is 1. The van der Waals surface area contributed by atoms with Crippen molar-refractivity contribution in [3.63, 3.8) is 0 Å². The Morgan fingerprint density at radius 3 is 2.47 bits per heavy atom. The molecule has 1 fully saturated rings. The van der Waals surface area contributed by atoms with Crippen molar-refractivity contribution in [1.29, 1.82) is 0 Å². The fourth-order valence-electron chi connectivity index (χ4n) is 3.69. The Morgan fingerprint density at radius 2 is 1.81 bits per heavy atom. The van der Waals surface area contributed by atoms with E-state index in [4.69, 9.17) is 9.15 Å². The third kappa shape index (κ3) is 3.87. The van der Waals surface area contributed by atoms with Gasteiger partial charge in [0, 0.05) is 36.9 Å². The Labute approximate surface area is 189 Å². The number of hydrogen-bond donors (Lipinski definition) is 0. The summed E-state index contributed by atoms with van der Waals surface area (Å²) in [6, 6.07) is 6.60. The molecule has 1 saturated heterocycles. The van der Waals surface area contributed by atoms with Gasteiger partial charge in [0.15, 0.2) is 0 Å². The molecule has 0 aliphatic carbocycles. The van der Waals surface area contributed by atoms with Crippen molar-refractivity contribution in [3.05, 3.63) is 46.5 Å². The van der Waals surface area contributed by atoms with Gasteiger partial charge in [-0.25, -0.2) is 13.2 Å². The Morgan fingerprint density at radius 1 is 1.09 bits per heavy atom. The summed E-state index contributed by atoms with van der Waals surface area (Å²) < 4.78 is 43.0. The summed E-state index contributed by atoms with van der Waals surface area (Å²) >= 11 is 0.971. The maximum atomic E-state index is 13.2. The molecule has 0 N–H and O–H groups in total. The van der Waals surface area contributed by atoms with Crippen molar-refractivity contribution in [2.24, 2.45) is 0 Å². The number of benzene rings is 1. The van der Waals surface area contributed by atoms with E-state index in [0.29, 0.717) is 28.0 Å². The molecule has 3 aromatic rings. The first-order valence-electron chi connectivity index (χ1n) is 9.79. The Bertz CT molecular complexity index is 1280.